The second-order valence-electron chi connectivity index (χ2n) is 7.58. The van der Waals surface area contributed by atoms with Crippen LogP contribution in [0.15, 0.2) is 37.8 Å². The van der Waals surface area contributed by atoms with Gasteiger partial charge in [-0.1, -0.05) is 25.6 Å². The van der Waals surface area contributed by atoms with Crippen LogP contribution >= 0.6 is 11.8 Å². The summed E-state index contributed by atoms with van der Waals surface area (Å²) in [5, 5.41) is 0.407. The topological polar surface area (TPSA) is 157 Å². The van der Waals surface area contributed by atoms with Crippen molar-refractivity contribution in [3.63, 3.8) is 0 Å². The maximum Gasteiger partial charge on any atom is 0.329 e. The fourth-order valence-corrected chi connectivity index (χ4v) is 5.22. The first-order chi connectivity index (χ1) is 15.1. The van der Waals surface area contributed by atoms with E-state index >= 15 is 0 Å². The molecule has 0 bridgehead atoms. The summed E-state index contributed by atoms with van der Waals surface area (Å²) in [5.41, 5.74) is 4.19. The van der Waals surface area contributed by atoms with E-state index in [9.17, 15) is 22.8 Å². The smallest absolute Gasteiger partial charge is 0.329 e. The molecule has 2 aromatic rings. The summed E-state index contributed by atoms with van der Waals surface area (Å²) in [5.74, 6) is -0.805. The number of aromatic nitrogens is 3. The van der Waals surface area contributed by atoms with Gasteiger partial charge in [0.25, 0.3) is 5.56 Å². The van der Waals surface area contributed by atoms with Crippen molar-refractivity contribution in [3.8, 4) is 0 Å². The normalized spacial score (nSPS) is 15.2. The number of rotatable bonds is 8. The molecule has 1 aliphatic rings. The van der Waals surface area contributed by atoms with Gasteiger partial charge in [-0.25, -0.2) is 18.2 Å². The molecule has 0 aliphatic carbocycles. The Kier molecular flexibility index (Phi) is 7.54. The number of ketones is 1. The predicted molar refractivity (Wildman–Crippen MR) is 119 cm³/mol. The van der Waals surface area contributed by atoms with Gasteiger partial charge in [-0.2, -0.15) is 4.31 Å². The number of nitrogens with two attached hydrogens (primary N) is 1. The molecule has 2 aromatic heterocycles. The highest BCUT2D eigenvalue weighted by Crippen LogP contribution is 2.21. The number of nitrogens with zero attached hydrogens (tertiary/aromatic N) is 3. The molecule has 3 rings (SSSR count). The van der Waals surface area contributed by atoms with Crippen molar-refractivity contribution in [2.24, 2.45) is 5.92 Å². The lowest BCUT2D eigenvalue weighted by Gasteiger charge is -2.25. The number of carbonyl (C=O) groups is 1. The molecule has 3 N–H and O–H groups in total. The molecule has 0 amide bonds. The number of nitrogen functional groups attached to an aromatic ring is 1. The zero-order valence-electron chi connectivity index (χ0n) is 17.7. The number of aromatic amines is 1. The second-order valence-corrected chi connectivity index (χ2v) is 10.5. The van der Waals surface area contributed by atoms with Crippen LogP contribution in [0.25, 0.3) is 0 Å². The SMILES string of the molecule is CC(C)Cn1c(N)c(C(=O)CSc2ccc(S(=O)(=O)N3CCOCC3)cn2)c(=O)[nH]c1=O. The summed E-state index contributed by atoms with van der Waals surface area (Å²) in [7, 11) is -3.66. The van der Waals surface area contributed by atoms with E-state index in [1.54, 1.807) is 0 Å². The Morgan fingerprint density at radius 2 is 1.97 bits per heavy atom. The van der Waals surface area contributed by atoms with Gasteiger partial charge >= 0.3 is 5.69 Å². The number of ether oxygens (including phenoxy) is 1. The average molecular weight is 484 g/mol. The molecule has 1 saturated heterocycles. The highest BCUT2D eigenvalue weighted by molar-refractivity contribution is 7.99. The number of sulfonamides is 1. The van der Waals surface area contributed by atoms with Crippen LogP contribution in [-0.4, -0.2) is 65.1 Å². The Hall–Kier alpha value is -2.48. The van der Waals surface area contributed by atoms with Crippen LogP contribution in [0.4, 0.5) is 5.82 Å². The molecule has 1 fully saturated rings. The number of Topliss-reactive ketones (excluding diaryl/α,β-unsaturated/α-hetero) is 1. The van der Waals surface area contributed by atoms with Crippen LogP contribution in [0.2, 0.25) is 0 Å². The first-order valence-electron chi connectivity index (χ1n) is 9.93. The monoisotopic (exact) mass is 483 g/mol. The maximum absolute atomic E-state index is 12.7. The molecule has 0 spiro atoms. The Labute approximate surface area is 189 Å². The average Bonchev–Trinajstić information content (AvgIpc) is 2.76. The van der Waals surface area contributed by atoms with Crippen LogP contribution < -0.4 is 17.0 Å². The Morgan fingerprint density at radius 3 is 2.56 bits per heavy atom. The third-order valence-electron chi connectivity index (χ3n) is 4.73. The molecule has 174 valence electrons. The van der Waals surface area contributed by atoms with E-state index in [0.717, 1.165) is 11.8 Å². The van der Waals surface area contributed by atoms with Gasteiger partial charge in [0.1, 0.15) is 16.3 Å². The van der Waals surface area contributed by atoms with Crippen LogP contribution in [0.5, 0.6) is 0 Å². The summed E-state index contributed by atoms with van der Waals surface area (Å²) in [6, 6.07) is 2.92. The quantitative estimate of drug-likeness (QED) is 0.394. The number of carbonyl (C=O) groups excluding carboxylic acids is 1. The van der Waals surface area contributed by atoms with Gasteiger partial charge in [0, 0.05) is 25.8 Å². The molecular weight excluding hydrogens is 458 g/mol. The Bertz CT molecular complexity index is 1200. The summed E-state index contributed by atoms with van der Waals surface area (Å²) >= 11 is 1.03. The number of nitrogens with one attached hydrogen (secondary N) is 1. The van der Waals surface area contributed by atoms with E-state index in [0.29, 0.717) is 18.2 Å². The lowest BCUT2D eigenvalue weighted by molar-refractivity contribution is 0.0730. The summed E-state index contributed by atoms with van der Waals surface area (Å²) < 4.78 is 33.0. The summed E-state index contributed by atoms with van der Waals surface area (Å²) in [6.45, 7) is 5.26. The van der Waals surface area contributed by atoms with E-state index in [1.165, 1.54) is 27.2 Å². The predicted octanol–water partition coefficient (Wildman–Crippen LogP) is 0.166. The third kappa shape index (κ3) is 5.28. The molecule has 0 atom stereocenters. The zero-order valence-corrected chi connectivity index (χ0v) is 19.4. The minimum Gasteiger partial charge on any atom is -0.384 e. The fraction of sp³-hybridized carbons (Fsp3) is 0.474. The third-order valence-corrected chi connectivity index (χ3v) is 7.56. The minimum atomic E-state index is -3.66. The summed E-state index contributed by atoms with van der Waals surface area (Å²) in [6.07, 6.45) is 1.24. The van der Waals surface area contributed by atoms with Crippen LogP contribution in [0.1, 0.15) is 24.2 Å². The molecule has 0 aromatic carbocycles. The van der Waals surface area contributed by atoms with Crippen LogP contribution in [0, 0.1) is 5.92 Å². The zero-order chi connectivity index (χ0) is 23.5. The van der Waals surface area contributed by atoms with E-state index in [4.69, 9.17) is 10.5 Å². The summed E-state index contributed by atoms with van der Waals surface area (Å²) in [4.78, 5) is 43.2. The number of morpholine rings is 1. The van der Waals surface area contributed by atoms with Gasteiger partial charge in [0.05, 0.1) is 24.0 Å². The number of H-pyrrole nitrogens is 1. The fourth-order valence-electron chi connectivity index (χ4n) is 3.16. The van der Waals surface area contributed by atoms with E-state index in [1.807, 2.05) is 13.8 Å². The van der Waals surface area contributed by atoms with E-state index < -0.39 is 27.1 Å². The maximum atomic E-state index is 12.7. The molecule has 1 aliphatic heterocycles. The van der Waals surface area contributed by atoms with Crippen molar-refractivity contribution >= 4 is 33.4 Å². The standard InChI is InChI=1S/C19H25N5O6S2/c1-12(2)10-24-17(20)16(18(26)22-19(24)27)14(25)11-31-15-4-3-13(9-21-15)32(28,29)23-5-7-30-8-6-23/h3-4,9,12H,5-8,10-11,20H2,1-2H3,(H,22,26,27). The first-order valence-corrected chi connectivity index (χ1v) is 12.4. The van der Waals surface area contributed by atoms with Gasteiger partial charge in [-0.05, 0) is 18.1 Å². The van der Waals surface area contributed by atoms with E-state index in [-0.39, 0.29) is 47.6 Å². The van der Waals surface area contributed by atoms with Crippen LogP contribution in [-0.2, 0) is 21.3 Å². The van der Waals surface area contributed by atoms with Gasteiger partial charge in [0.15, 0.2) is 5.78 Å². The molecule has 13 heteroatoms. The number of thioether (sulfide) groups is 1. The largest absolute Gasteiger partial charge is 0.384 e. The van der Waals surface area contributed by atoms with Crippen molar-refractivity contribution in [2.45, 2.75) is 30.3 Å². The number of hydrogen-bond acceptors (Lipinski definition) is 9. The molecule has 3 heterocycles. The highest BCUT2D eigenvalue weighted by atomic mass is 32.2. The van der Waals surface area contributed by atoms with E-state index in [2.05, 4.69) is 9.97 Å². The van der Waals surface area contributed by atoms with Gasteiger partial charge in [0.2, 0.25) is 10.0 Å². The lowest BCUT2D eigenvalue weighted by atomic mass is 10.2. The highest BCUT2D eigenvalue weighted by Gasteiger charge is 2.26. The Morgan fingerprint density at radius 1 is 1.28 bits per heavy atom. The van der Waals surface area contributed by atoms with Crippen molar-refractivity contribution in [1.29, 1.82) is 0 Å². The van der Waals surface area contributed by atoms with Crippen molar-refractivity contribution in [2.75, 3.05) is 37.8 Å². The van der Waals surface area contributed by atoms with Gasteiger partial charge in [-0.3, -0.25) is 19.1 Å². The molecule has 11 nitrogen and oxygen atoms in total. The minimum absolute atomic E-state index is 0.0523. The molecule has 0 unspecified atom stereocenters. The first kappa shape index (κ1) is 24.2. The van der Waals surface area contributed by atoms with Crippen molar-refractivity contribution < 1.29 is 17.9 Å². The van der Waals surface area contributed by atoms with Crippen molar-refractivity contribution in [1.82, 2.24) is 18.8 Å². The number of anilines is 1. The van der Waals surface area contributed by atoms with Crippen molar-refractivity contribution in [3.05, 3.63) is 44.7 Å². The molecular formula is C19H25N5O6S2. The molecule has 32 heavy (non-hydrogen) atoms. The second kappa shape index (κ2) is 9.98. The molecule has 0 radical (unpaired) electrons. The van der Waals surface area contributed by atoms with Gasteiger partial charge < -0.3 is 10.5 Å². The Balaban J connectivity index is 1.73. The number of hydrogen-bond donors (Lipinski definition) is 2. The number of pyridine rings is 1. The van der Waals surface area contributed by atoms with Gasteiger partial charge in [-0.15, -0.1) is 0 Å². The molecule has 0 saturated carbocycles. The van der Waals surface area contributed by atoms with Crippen LogP contribution in [0.3, 0.4) is 0 Å². The lowest BCUT2D eigenvalue weighted by Crippen LogP contribution is -2.40.